The molecule has 0 atom stereocenters. The van der Waals surface area contributed by atoms with Gasteiger partial charge in [-0.25, -0.2) is 4.98 Å². The summed E-state index contributed by atoms with van der Waals surface area (Å²) in [5, 5.41) is 4.09. The molecule has 1 aromatic heterocycles. The lowest BCUT2D eigenvalue weighted by molar-refractivity contribution is -0.157. The number of hydrogen-bond acceptors (Lipinski definition) is 5. The summed E-state index contributed by atoms with van der Waals surface area (Å²) >= 11 is 1.54. The van der Waals surface area contributed by atoms with Gasteiger partial charge in [0, 0.05) is 36.8 Å². The molecule has 1 aromatic rings. The molecule has 0 saturated carbocycles. The molecule has 0 radical (unpaired) electrons. The third-order valence-electron chi connectivity index (χ3n) is 3.39. The fourth-order valence-corrected chi connectivity index (χ4v) is 3.07. The maximum atomic E-state index is 12.1. The number of nitrogens with one attached hydrogen (secondary N) is 1. The highest BCUT2D eigenvalue weighted by Crippen LogP contribution is 2.21. The van der Waals surface area contributed by atoms with Crippen LogP contribution in [0.3, 0.4) is 0 Å². The Morgan fingerprint density at radius 1 is 1.33 bits per heavy atom. The Labute approximate surface area is 129 Å². The molecule has 0 bridgehead atoms. The standard InChI is InChI=1S/C14H22N4O2S/c1-4-5-15-14-16-8-11(21-14)9-17-6-7-18(10(2)3)13(20)12(17)19/h8,10H,4-7,9H2,1-3H3,(H,15,16). The summed E-state index contributed by atoms with van der Waals surface area (Å²) < 4.78 is 0. The molecule has 1 fully saturated rings. The van der Waals surface area contributed by atoms with E-state index >= 15 is 0 Å². The number of aromatic nitrogens is 1. The molecule has 1 aliphatic rings. The van der Waals surface area contributed by atoms with Gasteiger partial charge in [0.05, 0.1) is 6.54 Å². The highest BCUT2D eigenvalue weighted by atomic mass is 32.1. The van der Waals surface area contributed by atoms with Crippen molar-refractivity contribution >= 4 is 28.3 Å². The fourth-order valence-electron chi connectivity index (χ4n) is 2.22. The van der Waals surface area contributed by atoms with Gasteiger partial charge in [-0.1, -0.05) is 6.92 Å². The number of rotatable bonds is 6. The first-order chi connectivity index (χ1) is 10.0. The number of nitrogens with zero attached hydrogens (tertiary/aromatic N) is 3. The predicted molar refractivity (Wildman–Crippen MR) is 83.2 cm³/mol. The molecule has 1 saturated heterocycles. The van der Waals surface area contributed by atoms with E-state index in [2.05, 4.69) is 17.2 Å². The van der Waals surface area contributed by atoms with Crippen LogP contribution in [0, 0.1) is 0 Å². The van der Waals surface area contributed by atoms with Gasteiger partial charge in [-0.2, -0.15) is 0 Å². The van der Waals surface area contributed by atoms with Crippen LogP contribution in [-0.2, 0) is 16.1 Å². The Morgan fingerprint density at radius 3 is 2.76 bits per heavy atom. The lowest BCUT2D eigenvalue weighted by Gasteiger charge is -2.35. The van der Waals surface area contributed by atoms with Crippen LogP contribution in [0.1, 0.15) is 32.1 Å². The highest BCUT2D eigenvalue weighted by molar-refractivity contribution is 7.15. The van der Waals surface area contributed by atoms with Gasteiger partial charge in [-0.05, 0) is 20.3 Å². The lowest BCUT2D eigenvalue weighted by Crippen LogP contribution is -2.55. The Balaban J connectivity index is 1.96. The molecular formula is C14H22N4O2S. The van der Waals surface area contributed by atoms with Gasteiger partial charge in [0.15, 0.2) is 5.13 Å². The second kappa shape index (κ2) is 6.89. The van der Waals surface area contributed by atoms with E-state index in [1.807, 2.05) is 13.8 Å². The SMILES string of the molecule is CCCNc1ncc(CN2CCN(C(C)C)C(=O)C2=O)s1. The molecule has 7 heteroatoms. The predicted octanol–water partition coefficient (Wildman–Crippen LogP) is 1.54. The van der Waals surface area contributed by atoms with E-state index in [0.29, 0.717) is 19.6 Å². The van der Waals surface area contributed by atoms with Crippen molar-refractivity contribution in [2.24, 2.45) is 0 Å². The minimum Gasteiger partial charge on any atom is -0.362 e. The van der Waals surface area contributed by atoms with Crippen molar-refractivity contribution < 1.29 is 9.59 Å². The number of thiazole rings is 1. The third-order valence-corrected chi connectivity index (χ3v) is 4.33. The van der Waals surface area contributed by atoms with Gasteiger partial charge in [0.1, 0.15) is 0 Å². The zero-order chi connectivity index (χ0) is 15.4. The number of amides is 2. The first-order valence-corrected chi connectivity index (χ1v) is 8.13. The maximum Gasteiger partial charge on any atom is 0.312 e. The smallest absolute Gasteiger partial charge is 0.312 e. The second-order valence-electron chi connectivity index (χ2n) is 5.38. The van der Waals surface area contributed by atoms with E-state index in [9.17, 15) is 9.59 Å². The Morgan fingerprint density at radius 2 is 2.10 bits per heavy atom. The van der Waals surface area contributed by atoms with Crippen molar-refractivity contribution in [3.63, 3.8) is 0 Å². The molecule has 0 spiro atoms. The average molecular weight is 310 g/mol. The van der Waals surface area contributed by atoms with Gasteiger partial charge >= 0.3 is 11.8 Å². The van der Waals surface area contributed by atoms with Crippen LogP contribution >= 0.6 is 11.3 Å². The van der Waals surface area contributed by atoms with E-state index in [1.54, 1.807) is 16.0 Å². The van der Waals surface area contributed by atoms with Gasteiger partial charge < -0.3 is 15.1 Å². The molecule has 0 aliphatic carbocycles. The number of carbonyl (C=O) groups excluding carboxylic acids is 2. The molecule has 116 valence electrons. The van der Waals surface area contributed by atoms with Crippen LogP contribution < -0.4 is 5.32 Å². The van der Waals surface area contributed by atoms with Crippen molar-refractivity contribution in [1.29, 1.82) is 0 Å². The van der Waals surface area contributed by atoms with Crippen molar-refractivity contribution in [2.45, 2.75) is 39.8 Å². The third kappa shape index (κ3) is 3.72. The molecule has 2 rings (SSSR count). The second-order valence-corrected chi connectivity index (χ2v) is 6.49. The van der Waals surface area contributed by atoms with Crippen molar-refractivity contribution in [1.82, 2.24) is 14.8 Å². The summed E-state index contributed by atoms with van der Waals surface area (Å²) in [6, 6.07) is 0.0665. The number of anilines is 1. The number of piperazine rings is 1. The number of hydrogen-bond donors (Lipinski definition) is 1. The summed E-state index contributed by atoms with van der Waals surface area (Å²) in [5.74, 6) is -0.809. The Bertz CT molecular complexity index is 515. The van der Waals surface area contributed by atoms with Crippen molar-refractivity contribution in [2.75, 3.05) is 25.0 Å². The van der Waals surface area contributed by atoms with Crippen LogP contribution in [0.25, 0.3) is 0 Å². The molecule has 2 amide bonds. The minimum atomic E-state index is -0.411. The first-order valence-electron chi connectivity index (χ1n) is 7.31. The van der Waals surface area contributed by atoms with Crippen molar-refractivity contribution in [3.05, 3.63) is 11.1 Å². The van der Waals surface area contributed by atoms with Gasteiger partial charge in [-0.3, -0.25) is 9.59 Å². The summed E-state index contributed by atoms with van der Waals surface area (Å²) in [7, 11) is 0. The summed E-state index contributed by atoms with van der Waals surface area (Å²) in [5.41, 5.74) is 0. The van der Waals surface area contributed by atoms with Crippen LogP contribution in [0.2, 0.25) is 0 Å². The molecule has 0 aromatic carbocycles. The Hall–Kier alpha value is -1.63. The molecule has 1 aliphatic heterocycles. The summed E-state index contributed by atoms with van der Waals surface area (Å²) in [6.45, 7) is 8.48. The maximum absolute atomic E-state index is 12.1. The van der Waals surface area contributed by atoms with E-state index < -0.39 is 11.8 Å². The molecule has 0 unspecified atom stereocenters. The van der Waals surface area contributed by atoms with Crippen LogP contribution in [0.4, 0.5) is 5.13 Å². The quantitative estimate of drug-likeness (QED) is 0.810. The van der Waals surface area contributed by atoms with E-state index in [0.717, 1.165) is 23.0 Å². The van der Waals surface area contributed by atoms with Crippen LogP contribution in [0.15, 0.2) is 6.20 Å². The largest absolute Gasteiger partial charge is 0.362 e. The van der Waals surface area contributed by atoms with E-state index in [-0.39, 0.29) is 6.04 Å². The van der Waals surface area contributed by atoms with Gasteiger partial charge in [-0.15, -0.1) is 11.3 Å². The molecule has 1 N–H and O–H groups in total. The topological polar surface area (TPSA) is 65.5 Å². The van der Waals surface area contributed by atoms with Gasteiger partial charge in [0.2, 0.25) is 0 Å². The van der Waals surface area contributed by atoms with E-state index in [1.165, 1.54) is 11.3 Å². The molecular weight excluding hydrogens is 288 g/mol. The van der Waals surface area contributed by atoms with Gasteiger partial charge in [0.25, 0.3) is 0 Å². The number of carbonyl (C=O) groups is 2. The molecule has 21 heavy (non-hydrogen) atoms. The normalized spacial score (nSPS) is 16.0. The molecule has 2 heterocycles. The highest BCUT2D eigenvalue weighted by Gasteiger charge is 2.33. The first kappa shape index (κ1) is 15.8. The monoisotopic (exact) mass is 310 g/mol. The van der Waals surface area contributed by atoms with Crippen LogP contribution in [-0.4, -0.2) is 52.3 Å². The molecule has 6 nitrogen and oxygen atoms in total. The fraction of sp³-hybridized carbons (Fsp3) is 0.643. The zero-order valence-corrected chi connectivity index (χ0v) is 13.6. The van der Waals surface area contributed by atoms with Crippen molar-refractivity contribution in [3.8, 4) is 0 Å². The minimum absolute atomic E-state index is 0.0665. The Kier molecular flexibility index (Phi) is 5.17. The summed E-state index contributed by atoms with van der Waals surface area (Å²) in [6.07, 6.45) is 2.81. The summed E-state index contributed by atoms with van der Waals surface area (Å²) in [4.78, 5) is 32.7. The average Bonchev–Trinajstić information content (AvgIpc) is 2.89. The van der Waals surface area contributed by atoms with E-state index in [4.69, 9.17) is 0 Å². The lowest BCUT2D eigenvalue weighted by atomic mass is 10.2. The van der Waals surface area contributed by atoms with Crippen LogP contribution in [0.5, 0.6) is 0 Å². The zero-order valence-electron chi connectivity index (χ0n) is 12.8.